The van der Waals surface area contributed by atoms with Crippen molar-refractivity contribution in [2.75, 3.05) is 39.6 Å². The molecule has 0 aliphatic carbocycles. The number of amides is 1. The summed E-state index contributed by atoms with van der Waals surface area (Å²) < 4.78 is 50.9. The number of carbonyl (C=O) groups excluding carboxylic acids is 1. The van der Waals surface area contributed by atoms with E-state index in [-0.39, 0.29) is 30.0 Å². The first-order chi connectivity index (χ1) is 18.8. The summed E-state index contributed by atoms with van der Waals surface area (Å²) in [5.74, 6) is 0.995. The van der Waals surface area contributed by atoms with Crippen molar-refractivity contribution >= 4 is 22.5 Å². The summed E-state index contributed by atoms with van der Waals surface area (Å²) in [4.78, 5) is 28.3. The maximum absolute atomic E-state index is 14.0. The van der Waals surface area contributed by atoms with Crippen LogP contribution in [0.3, 0.4) is 0 Å². The van der Waals surface area contributed by atoms with Crippen molar-refractivity contribution in [3.05, 3.63) is 88.2 Å². The summed E-state index contributed by atoms with van der Waals surface area (Å²) in [5, 5.41) is 0.179. The van der Waals surface area contributed by atoms with E-state index in [1.807, 2.05) is 0 Å². The normalized spacial score (nSPS) is 10.7. The van der Waals surface area contributed by atoms with Gasteiger partial charge >= 0.3 is 0 Å². The van der Waals surface area contributed by atoms with Crippen LogP contribution in [-0.4, -0.2) is 45.1 Å². The van der Waals surface area contributed by atoms with Crippen molar-refractivity contribution in [2.45, 2.75) is 0 Å². The summed E-state index contributed by atoms with van der Waals surface area (Å²) in [5.41, 5.74) is -0.129. The molecule has 39 heavy (non-hydrogen) atoms. The van der Waals surface area contributed by atoms with Crippen molar-refractivity contribution in [3.8, 4) is 35.3 Å². The van der Waals surface area contributed by atoms with Gasteiger partial charge in [0.2, 0.25) is 5.43 Å². The number of pyridine rings is 1. The van der Waals surface area contributed by atoms with Crippen LogP contribution in [0, 0.1) is 24.0 Å². The Morgan fingerprint density at radius 3 is 2.21 bits per heavy atom. The number of fused-ring (bicyclic) bond motifs is 1. The number of methoxy groups -OCH3 is 3. The van der Waals surface area contributed by atoms with Gasteiger partial charge in [0.05, 0.1) is 37.7 Å². The highest BCUT2D eigenvalue weighted by molar-refractivity contribution is 6.08. The van der Waals surface area contributed by atoms with Crippen molar-refractivity contribution in [1.29, 1.82) is 0 Å². The molecule has 4 aromatic rings. The molecule has 0 saturated heterocycles. The molecular formula is C29H24F2N2O6. The van der Waals surface area contributed by atoms with Gasteiger partial charge in [-0.15, -0.1) is 6.42 Å². The largest absolute Gasteiger partial charge is 0.497 e. The summed E-state index contributed by atoms with van der Waals surface area (Å²) in [7, 11) is 4.46. The Bertz CT molecular complexity index is 1600. The maximum Gasteiger partial charge on any atom is 0.264 e. The molecular weight excluding hydrogens is 510 g/mol. The molecule has 0 aliphatic heterocycles. The first kappa shape index (κ1) is 27.2. The number of benzene rings is 3. The number of hydrogen-bond donors (Lipinski definition) is 0. The molecule has 1 heterocycles. The van der Waals surface area contributed by atoms with E-state index in [0.29, 0.717) is 34.5 Å². The van der Waals surface area contributed by atoms with Crippen LogP contribution in [0.5, 0.6) is 17.2 Å². The van der Waals surface area contributed by atoms with Crippen molar-refractivity contribution in [2.24, 2.45) is 0 Å². The number of anilines is 1. The van der Waals surface area contributed by atoms with E-state index < -0.39 is 23.0 Å². The monoisotopic (exact) mass is 534 g/mol. The highest BCUT2D eigenvalue weighted by atomic mass is 19.1. The predicted octanol–water partition coefficient (Wildman–Crippen LogP) is 4.55. The van der Waals surface area contributed by atoms with Gasteiger partial charge in [0.1, 0.15) is 34.4 Å². The summed E-state index contributed by atoms with van der Waals surface area (Å²) in [6, 6.07) is 12.3. The highest BCUT2D eigenvalue weighted by Crippen LogP contribution is 2.29. The van der Waals surface area contributed by atoms with Crippen LogP contribution < -0.4 is 24.5 Å². The van der Waals surface area contributed by atoms with Crippen LogP contribution in [0.25, 0.3) is 16.6 Å². The van der Waals surface area contributed by atoms with Crippen molar-refractivity contribution in [3.63, 3.8) is 0 Å². The topological polar surface area (TPSA) is 79.2 Å². The van der Waals surface area contributed by atoms with Gasteiger partial charge in [0.15, 0.2) is 6.79 Å². The number of terminal acetylenes is 1. The molecule has 3 aromatic carbocycles. The molecule has 1 aromatic heterocycles. The van der Waals surface area contributed by atoms with E-state index in [9.17, 15) is 18.4 Å². The third kappa shape index (κ3) is 5.68. The molecule has 0 bridgehead atoms. The zero-order valence-electron chi connectivity index (χ0n) is 21.4. The Hall–Kier alpha value is -4.88. The fourth-order valence-electron chi connectivity index (χ4n) is 4.03. The Morgan fingerprint density at radius 2 is 1.62 bits per heavy atom. The number of hydrogen-bond acceptors (Lipinski definition) is 6. The van der Waals surface area contributed by atoms with Crippen LogP contribution in [0.1, 0.15) is 10.4 Å². The Morgan fingerprint density at radius 1 is 0.949 bits per heavy atom. The first-order valence-corrected chi connectivity index (χ1v) is 11.6. The lowest BCUT2D eigenvalue weighted by Crippen LogP contribution is -2.35. The lowest BCUT2D eigenvalue weighted by Gasteiger charge is -2.22. The number of ether oxygens (including phenoxy) is 4. The molecule has 0 saturated carbocycles. The van der Waals surface area contributed by atoms with E-state index in [4.69, 9.17) is 25.4 Å². The number of rotatable bonds is 9. The van der Waals surface area contributed by atoms with E-state index in [1.165, 1.54) is 33.6 Å². The third-order valence-electron chi connectivity index (χ3n) is 5.82. The predicted molar refractivity (Wildman–Crippen MR) is 142 cm³/mol. The fourth-order valence-corrected chi connectivity index (χ4v) is 4.03. The highest BCUT2D eigenvalue weighted by Gasteiger charge is 2.24. The summed E-state index contributed by atoms with van der Waals surface area (Å²) in [6.45, 7) is -0.361. The van der Waals surface area contributed by atoms with Crippen LogP contribution >= 0.6 is 0 Å². The van der Waals surface area contributed by atoms with Crippen molar-refractivity contribution < 1.29 is 32.5 Å². The zero-order valence-corrected chi connectivity index (χ0v) is 21.4. The molecule has 200 valence electrons. The van der Waals surface area contributed by atoms with E-state index >= 15 is 0 Å². The molecule has 0 fully saturated rings. The SMILES string of the molecule is C#CCN(C(=O)c1cn(-c2cc(OC)cc(OC)c2)c2cc(OCOC)ccc2c1=O)c1cc(F)cc(F)c1. The fraction of sp³-hybridized carbons (Fsp3) is 0.172. The molecule has 1 amide bonds. The van der Waals surface area contributed by atoms with Crippen LogP contribution in [-0.2, 0) is 4.74 Å². The van der Waals surface area contributed by atoms with Crippen LogP contribution in [0.2, 0.25) is 0 Å². The average Bonchev–Trinajstić information content (AvgIpc) is 2.93. The van der Waals surface area contributed by atoms with Crippen LogP contribution in [0.15, 0.2) is 65.6 Å². The number of aromatic nitrogens is 1. The molecule has 10 heteroatoms. The minimum atomic E-state index is -0.900. The Balaban J connectivity index is 1.99. The quantitative estimate of drug-likeness (QED) is 0.232. The van der Waals surface area contributed by atoms with E-state index in [2.05, 4.69) is 5.92 Å². The molecule has 0 N–H and O–H groups in total. The standard InChI is InChI=1S/C29H24F2N2O6/c1-5-8-32(20-10-18(30)9-19(31)11-20)29(35)26-16-33(21-12-23(37-3)14-24(13-21)38-4)27-15-22(39-17-36-2)6-7-25(27)28(26)34/h1,6-7,9-16H,8,17H2,2-4H3. The molecule has 0 atom stereocenters. The second-order valence-electron chi connectivity index (χ2n) is 8.27. The lowest BCUT2D eigenvalue weighted by atomic mass is 10.1. The smallest absolute Gasteiger partial charge is 0.264 e. The minimum absolute atomic E-state index is 0.0233. The molecule has 0 unspecified atom stereocenters. The second-order valence-corrected chi connectivity index (χ2v) is 8.27. The summed E-state index contributed by atoms with van der Waals surface area (Å²) in [6.07, 6.45) is 6.80. The summed E-state index contributed by atoms with van der Waals surface area (Å²) >= 11 is 0. The van der Waals surface area contributed by atoms with E-state index in [0.717, 1.165) is 17.0 Å². The first-order valence-electron chi connectivity index (χ1n) is 11.6. The molecule has 8 nitrogen and oxygen atoms in total. The Kier molecular flexibility index (Phi) is 8.13. The molecule has 0 radical (unpaired) electrons. The van der Waals surface area contributed by atoms with Gasteiger partial charge in [0, 0.05) is 49.0 Å². The zero-order chi connectivity index (χ0) is 28.1. The number of halogens is 2. The third-order valence-corrected chi connectivity index (χ3v) is 5.82. The van der Waals surface area contributed by atoms with Crippen LogP contribution in [0.4, 0.5) is 14.5 Å². The molecule has 0 aliphatic rings. The maximum atomic E-state index is 14.0. The van der Waals surface area contributed by atoms with E-state index in [1.54, 1.807) is 34.9 Å². The number of nitrogens with zero attached hydrogens (tertiary/aromatic N) is 2. The van der Waals surface area contributed by atoms with Gasteiger partial charge in [-0.05, 0) is 24.3 Å². The van der Waals surface area contributed by atoms with Gasteiger partial charge in [-0.25, -0.2) is 8.78 Å². The van der Waals surface area contributed by atoms with Gasteiger partial charge < -0.3 is 23.5 Å². The minimum Gasteiger partial charge on any atom is -0.497 e. The molecule has 4 rings (SSSR count). The van der Waals surface area contributed by atoms with Gasteiger partial charge in [0.25, 0.3) is 5.91 Å². The van der Waals surface area contributed by atoms with Gasteiger partial charge in [-0.2, -0.15) is 0 Å². The number of carbonyl (C=O) groups is 1. The van der Waals surface area contributed by atoms with Crippen molar-refractivity contribution in [1.82, 2.24) is 4.57 Å². The van der Waals surface area contributed by atoms with Gasteiger partial charge in [-0.3, -0.25) is 14.5 Å². The molecule has 0 spiro atoms. The average molecular weight is 535 g/mol. The lowest BCUT2D eigenvalue weighted by molar-refractivity contribution is 0.0512. The second kappa shape index (κ2) is 11.7. The van der Waals surface area contributed by atoms with Gasteiger partial charge in [-0.1, -0.05) is 5.92 Å². The Labute approximate surface area is 222 Å².